The minimum absolute atomic E-state index is 0.141. The van der Waals surface area contributed by atoms with Crippen LogP contribution in [-0.2, 0) is 4.79 Å². The van der Waals surface area contributed by atoms with Crippen LogP contribution in [0, 0.1) is 5.41 Å². The number of hydrogen-bond donors (Lipinski definition) is 2. The second-order valence-corrected chi connectivity index (χ2v) is 6.41. The van der Waals surface area contributed by atoms with Gasteiger partial charge in [-0.2, -0.15) is 0 Å². The molecule has 1 rings (SSSR count). The summed E-state index contributed by atoms with van der Waals surface area (Å²) in [4.78, 5) is 27.7. The summed E-state index contributed by atoms with van der Waals surface area (Å²) in [5, 5.41) is 12.3. The van der Waals surface area contributed by atoms with Gasteiger partial charge < -0.3 is 20.2 Å². The van der Waals surface area contributed by atoms with E-state index in [4.69, 9.17) is 0 Å². The highest BCUT2D eigenvalue weighted by Gasteiger charge is 2.46. The van der Waals surface area contributed by atoms with Gasteiger partial charge in [-0.3, -0.25) is 4.79 Å². The third-order valence-electron chi connectivity index (χ3n) is 4.34. The summed E-state index contributed by atoms with van der Waals surface area (Å²) in [5.41, 5.74) is -0.838. The second kappa shape index (κ2) is 7.64. The van der Waals surface area contributed by atoms with Gasteiger partial charge in [0.2, 0.25) is 0 Å². The molecule has 6 heteroatoms. The molecule has 0 spiro atoms. The Hall–Kier alpha value is -1.30. The fourth-order valence-corrected chi connectivity index (χ4v) is 2.80. The van der Waals surface area contributed by atoms with Crippen LogP contribution in [0.25, 0.3) is 0 Å². The Balaban J connectivity index is 2.65. The minimum Gasteiger partial charge on any atom is -0.481 e. The molecule has 2 N–H and O–H groups in total. The maximum absolute atomic E-state index is 12.4. The Morgan fingerprint density at radius 1 is 1.29 bits per heavy atom. The topological polar surface area (TPSA) is 72.9 Å². The maximum atomic E-state index is 12.4. The number of likely N-dealkylation sites (N-methyl/N-ethyl adjacent to an activating group) is 1. The van der Waals surface area contributed by atoms with Crippen molar-refractivity contribution in [3.8, 4) is 0 Å². The number of carbonyl (C=O) groups excluding carboxylic acids is 1. The zero-order chi connectivity index (χ0) is 16.0. The summed E-state index contributed by atoms with van der Waals surface area (Å²) in [6.45, 7) is 5.91. The molecule has 0 saturated heterocycles. The highest BCUT2D eigenvalue weighted by molar-refractivity contribution is 5.79. The fourth-order valence-electron chi connectivity index (χ4n) is 2.80. The molecule has 0 aromatic heterocycles. The summed E-state index contributed by atoms with van der Waals surface area (Å²) in [6.07, 6.45) is 3.10. The number of amides is 2. The smallest absolute Gasteiger partial charge is 0.317 e. The van der Waals surface area contributed by atoms with E-state index in [1.807, 2.05) is 25.9 Å². The lowest BCUT2D eigenvalue weighted by Gasteiger charge is -2.31. The van der Waals surface area contributed by atoms with Gasteiger partial charge in [-0.25, -0.2) is 4.79 Å². The van der Waals surface area contributed by atoms with E-state index in [0.29, 0.717) is 19.5 Å². The van der Waals surface area contributed by atoms with Crippen molar-refractivity contribution >= 4 is 12.0 Å². The molecule has 1 fully saturated rings. The molecule has 1 saturated carbocycles. The van der Waals surface area contributed by atoms with Gasteiger partial charge in [0.1, 0.15) is 0 Å². The number of nitrogens with zero attached hydrogens (tertiary/aromatic N) is 2. The van der Waals surface area contributed by atoms with Crippen molar-refractivity contribution in [2.24, 2.45) is 5.41 Å². The third kappa shape index (κ3) is 4.59. The van der Waals surface area contributed by atoms with Crippen molar-refractivity contribution in [2.75, 3.05) is 33.7 Å². The van der Waals surface area contributed by atoms with Gasteiger partial charge in [-0.05, 0) is 40.3 Å². The van der Waals surface area contributed by atoms with Crippen molar-refractivity contribution < 1.29 is 14.7 Å². The highest BCUT2D eigenvalue weighted by atomic mass is 16.4. The van der Waals surface area contributed by atoms with E-state index in [1.165, 1.54) is 0 Å². The molecule has 2 unspecified atom stereocenters. The average molecular weight is 299 g/mol. The summed E-state index contributed by atoms with van der Waals surface area (Å²) in [6, 6.07) is -0.417. The van der Waals surface area contributed by atoms with Crippen LogP contribution in [-0.4, -0.2) is 66.7 Å². The fraction of sp³-hybridized carbons (Fsp3) is 0.867. The molecule has 21 heavy (non-hydrogen) atoms. The monoisotopic (exact) mass is 299 g/mol. The number of carbonyl (C=O) groups is 2. The van der Waals surface area contributed by atoms with Gasteiger partial charge >= 0.3 is 12.0 Å². The molecule has 0 bridgehead atoms. The standard InChI is InChI=1S/C15H29N3O3/c1-5-9-18(11-10-17(3)4)14(21)16-12-7-6-8-15(12,2)13(19)20/h12H,5-11H2,1-4H3,(H,16,21)(H,19,20). The van der Waals surface area contributed by atoms with Crippen LogP contribution in [0.2, 0.25) is 0 Å². The normalized spacial score (nSPS) is 25.1. The number of carboxylic acid groups (broad SMARTS) is 1. The number of nitrogens with one attached hydrogen (secondary N) is 1. The molecule has 0 aliphatic heterocycles. The van der Waals surface area contributed by atoms with Gasteiger partial charge in [-0.15, -0.1) is 0 Å². The first-order valence-corrected chi connectivity index (χ1v) is 7.74. The molecule has 0 aromatic carbocycles. The minimum atomic E-state index is -0.838. The number of rotatable bonds is 7. The largest absolute Gasteiger partial charge is 0.481 e. The van der Waals surface area contributed by atoms with Gasteiger partial charge in [-0.1, -0.05) is 13.3 Å². The van der Waals surface area contributed by atoms with E-state index in [0.717, 1.165) is 25.8 Å². The molecule has 1 aliphatic carbocycles. The molecule has 0 aromatic rings. The number of hydrogen-bond acceptors (Lipinski definition) is 3. The molecule has 122 valence electrons. The Kier molecular flexibility index (Phi) is 6.45. The predicted molar refractivity (Wildman–Crippen MR) is 82.3 cm³/mol. The molecule has 2 amide bonds. The Labute approximate surface area is 127 Å². The van der Waals surface area contributed by atoms with Gasteiger partial charge in [0.05, 0.1) is 5.41 Å². The highest BCUT2D eigenvalue weighted by Crippen LogP contribution is 2.38. The van der Waals surface area contributed by atoms with E-state index in [9.17, 15) is 14.7 Å². The second-order valence-electron chi connectivity index (χ2n) is 6.41. The summed E-state index contributed by atoms with van der Waals surface area (Å²) in [7, 11) is 3.95. The van der Waals surface area contributed by atoms with Crippen LogP contribution < -0.4 is 5.32 Å². The van der Waals surface area contributed by atoms with Gasteiger partial charge in [0.15, 0.2) is 0 Å². The molecule has 0 radical (unpaired) electrons. The zero-order valence-electron chi connectivity index (χ0n) is 13.7. The molecular weight excluding hydrogens is 270 g/mol. The average Bonchev–Trinajstić information content (AvgIpc) is 2.77. The zero-order valence-corrected chi connectivity index (χ0v) is 13.7. The maximum Gasteiger partial charge on any atom is 0.317 e. The van der Waals surface area contributed by atoms with Gasteiger partial charge in [0.25, 0.3) is 0 Å². The van der Waals surface area contributed by atoms with Crippen molar-refractivity contribution in [3.63, 3.8) is 0 Å². The van der Waals surface area contributed by atoms with Crippen LogP contribution >= 0.6 is 0 Å². The molecule has 1 aliphatic rings. The van der Waals surface area contributed by atoms with E-state index in [2.05, 4.69) is 5.32 Å². The number of carboxylic acids is 1. The number of aliphatic carboxylic acids is 1. The lowest BCUT2D eigenvalue weighted by atomic mass is 9.85. The Bertz CT molecular complexity index is 373. The van der Waals surface area contributed by atoms with Crippen LogP contribution in [0.15, 0.2) is 0 Å². The Morgan fingerprint density at radius 2 is 1.95 bits per heavy atom. The van der Waals surface area contributed by atoms with E-state index >= 15 is 0 Å². The van der Waals surface area contributed by atoms with Crippen molar-refractivity contribution in [1.29, 1.82) is 0 Å². The lowest BCUT2D eigenvalue weighted by Crippen LogP contribution is -2.52. The first-order valence-electron chi connectivity index (χ1n) is 7.74. The molecule has 2 atom stereocenters. The van der Waals surface area contributed by atoms with Crippen LogP contribution in [0.5, 0.6) is 0 Å². The third-order valence-corrected chi connectivity index (χ3v) is 4.34. The van der Waals surface area contributed by atoms with Crippen molar-refractivity contribution in [3.05, 3.63) is 0 Å². The van der Waals surface area contributed by atoms with Crippen LogP contribution in [0.3, 0.4) is 0 Å². The molecule has 6 nitrogen and oxygen atoms in total. The van der Waals surface area contributed by atoms with Crippen molar-refractivity contribution in [1.82, 2.24) is 15.1 Å². The SMILES string of the molecule is CCCN(CCN(C)C)C(=O)NC1CCCC1(C)C(=O)O. The van der Waals surface area contributed by atoms with Crippen LogP contribution in [0.1, 0.15) is 39.5 Å². The van der Waals surface area contributed by atoms with E-state index in [-0.39, 0.29) is 12.1 Å². The Morgan fingerprint density at radius 3 is 2.48 bits per heavy atom. The van der Waals surface area contributed by atoms with E-state index in [1.54, 1.807) is 11.8 Å². The quantitative estimate of drug-likeness (QED) is 0.749. The first-order chi connectivity index (χ1) is 9.81. The summed E-state index contributed by atoms with van der Waals surface area (Å²) in [5.74, 6) is -0.819. The van der Waals surface area contributed by atoms with Crippen molar-refractivity contribution in [2.45, 2.75) is 45.6 Å². The van der Waals surface area contributed by atoms with E-state index < -0.39 is 11.4 Å². The molecule has 0 heterocycles. The predicted octanol–water partition coefficient (Wildman–Crippen LogP) is 1.61. The first kappa shape index (κ1) is 17.8. The molecular formula is C15H29N3O3. The number of urea groups is 1. The lowest BCUT2D eigenvalue weighted by molar-refractivity contribution is -0.148. The van der Waals surface area contributed by atoms with Crippen LogP contribution in [0.4, 0.5) is 4.79 Å². The summed E-state index contributed by atoms with van der Waals surface area (Å²) < 4.78 is 0. The summed E-state index contributed by atoms with van der Waals surface area (Å²) >= 11 is 0. The van der Waals surface area contributed by atoms with Gasteiger partial charge in [0, 0.05) is 25.7 Å².